The number of hydrogen-bond donors (Lipinski definition) is 0. The van der Waals surface area contributed by atoms with Crippen LogP contribution in [0.5, 0.6) is 0 Å². The molecule has 0 spiro atoms. The minimum Gasteiger partial charge on any atom is -0.0312 e. The van der Waals surface area contributed by atoms with Crippen molar-refractivity contribution in [2.24, 2.45) is 0 Å². The van der Waals surface area contributed by atoms with Crippen LogP contribution in [0.2, 0.25) is 5.32 Å². The number of nitrogens with zero attached hydrogens (tertiary/aromatic N) is 2. The van der Waals surface area contributed by atoms with E-state index in [0.29, 0.717) is 33.6 Å². The van der Waals surface area contributed by atoms with Gasteiger partial charge in [-0.3, -0.25) is 0 Å². The zero-order chi connectivity index (χ0) is 19.6. The number of ether oxygens (including phenoxy) is 1. The summed E-state index contributed by atoms with van der Waals surface area (Å²) in [7, 11) is 4.24. The molecule has 3 rings (SSSR count). The summed E-state index contributed by atoms with van der Waals surface area (Å²) in [5, 5.41) is 1.09. The molecule has 10 radical (unpaired) electrons. The Hall–Kier alpha value is 0.269. The molecule has 28 heavy (non-hydrogen) atoms. The van der Waals surface area contributed by atoms with Gasteiger partial charge >= 0.3 is 159 Å². The molecule has 1 saturated heterocycles. The van der Waals surface area contributed by atoms with E-state index in [0.717, 1.165) is 24.7 Å². The molecule has 0 bridgehead atoms. The first-order chi connectivity index (χ1) is 13.0. The molecular formula is C22H32FeN2O2Se+2. The molecular weight excluding hydrogens is 459 g/mol. The third kappa shape index (κ3) is 8.18. The van der Waals surface area contributed by atoms with Crippen molar-refractivity contribution in [2.75, 3.05) is 27.2 Å². The number of amides is 1. The molecule has 1 aliphatic heterocycles. The molecule has 2 aliphatic carbocycles. The summed E-state index contributed by atoms with van der Waals surface area (Å²) in [4.78, 5) is 17.6. The van der Waals surface area contributed by atoms with Gasteiger partial charge in [0.2, 0.25) is 0 Å². The molecule has 0 aromatic carbocycles. The average Bonchev–Trinajstić information content (AvgIpc) is 3.42. The number of hydrogen-bond acceptors (Lipinski definition) is 3. The van der Waals surface area contributed by atoms with Gasteiger partial charge < -0.3 is 0 Å². The molecule has 3 fully saturated rings. The second kappa shape index (κ2) is 14.3. The van der Waals surface area contributed by atoms with Crippen LogP contribution in [0.3, 0.4) is 0 Å². The number of carbonyl (C=O) groups is 1. The van der Waals surface area contributed by atoms with Crippen molar-refractivity contribution in [1.82, 2.24) is 9.80 Å². The predicted octanol–water partition coefficient (Wildman–Crippen LogP) is 3.43. The maximum absolute atomic E-state index is 12.0. The van der Waals surface area contributed by atoms with Crippen LogP contribution in [0.4, 0.5) is 4.79 Å². The zero-order valence-electron chi connectivity index (χ0n) is 17.3. The first kappa shape index (κ1) is 26.3. The number of rotatable bonds is 6. The van der Waals surface area contributed by atoms with Gasteiger partial charge in [-0.1, -0.05) is 0 Å². The van der Waals surface area contributed by atoms with Gasteiger partial charge in [-0.05, 0) is 32.1 Å². The van der Waals surface area contributed by atoms with E-state index in [-0.39, 0.29) is 23.2 Å². The molecule has 1 amide bonds. The van der Waals surface area contributed by atoms with E-state index in [2.05, 4.69) is 45.2 Å². The quantitative estimate of drug-likeness (QED) is 0.534. The van der Waals surface area contributed by atoms with Gasteiger partial charge in [0.15, 0.2) is 0 Å². The van der Waals surface area contributed by atoms with Crippen molar-refractivity contribution < 1.29 is 26.6 Å². The van der Waals surface area contributed by atoms with E-state index in [1.54, 1.807) is 0 Å². The van der Waals surface area contributed by atoms with Crippen LogP contribution in [-0.2, 0) is 21.8 Å². The van der Waals surface area contributed by atoms with Gasteiger partial charge in [0.1, 0.15) is 0 Å². The van der Waals surface area contributed by atoms with E-state index in [9.17, 15) is 4.79 Å². The first-order valence-corrected chi connectivity index (χ1v) is 11.8. The summed E-state index contributed by atoms with van der Waals surface area (Å²) in [5.41, 5.74) is 0. The smallest absolute Gasteiger partial charge is 0.0312 e. The van der Waals surface area contributed by atoms with Gasteiger partial charge in [0.25, 0.3) is 0 Å². The van der Waals surface area contributed by atoms with Gasteiger partial charge in [-0.15, -0.1) is 0 Å². The number of carbonyl (C=O) groups excluding carboxylic acids is 1. The molecule has 1 heterocycles. The van der Waals surface area contributed by atoms with Crippen LogP contribution in [0.15, 0.2) is 0 Å². The Morgan fingerprint density at radius 1 is 1.21 bits per heavy atom. The number of likely N-dealkylation sites (tertiary alicyclic amines) is 1. The van der Waals surface area contributed by atoms with Crippen LogP contribution in [0, 0.1) is 62.1 Å². The molecule has 0 aromatic rings. The van der Waals surface area contributed by atoms with Crippen molar-refractivity contribution >= 4 is 21.1 Å². The Morgan fingerprint density at radius 2 is 1.86 bits per heavy atom. The largest absolute Gasteiger partial charge is 2.00 e. The fourth-order valence-electron chi connectivity index (χ4n) is 3.13. The normalized spacial score (nSPS) is 24.0. The maximum Gasteiger partial charge on any atom is 2.00 e. The summed E-state index contributed by atoms with van der Waals surface area (Å²) < 4.78 is 5.17. The minimum atomic E-state index is -0.134. The second-order valence-corrected chi connectivity index (χ2v) is 9.17. The standard InChI is InChI=1S/C17H27N2O2Se.C5H5.Fe/c1-5-21-17(20)19-11-7-8-14(19)12-22-16-10-6-9-15(16)13(2)18(3)4;1-2-4-5-3-1;/h6,9-10,13-14H,5,7-8,11-12H2,1-4H3;1-5H;/q;;+2/t13-,14?;;/m0../s1. The van der Waals surface area contributed by atoms with E-state index < -0.39 is 0 Å². The Kier molecular flexibility index (Phi) is 13.4. The van der Waals surface area contributed by atoms with Gasteiger partial charge in [0, 0.05) is 0 Å². The van der Waals surface area contributed by atoms with Gasteiger partial charge in [-0.25, -0.2) is 0 Å². The van der Waals surface area contributed by atoms with E-state index in [4.69, 9.17) is 4.74 Å². The molecule has 3 aliphatic rings. The van der Waals surface area contributed by atoms with Gasteiger partial charge in [-0.2, -0.15) is 0 Å². The fraction of sp³-hybridized carbons (Fsp3) is 0.500. The summed E-state index contributed by atoms with van der Waals surface area (Å²) >= 11 is 0.406. The summed E-state index contributed by atoms with van der Waals surface area (Å²) in [6.45, 7) is 5.42. The Morgan fingerprint density at radius 3 is 2.43 bits per heavy atom. The Balaban J connectivity index is 0.000000567. The van der Waals surface area contributed by atoms with Gasteiger partial charge in [0.05, 0.1) is 0 Å². The van der Waals surface area contributed by atoms with Crippen LogP contribution in [0.25, 0.3) is 0 Å². The van der Waals surface area contributed by atoms with E-state index in [1.807, 2.05) is 43.9 Å². The van der Waals surface area contributed by atoms with Crippen molar-refractivity contribution in [3.63, 3.8) is 0 Å². The molecule has 2 saturated carbocycles. The zero-order valence-corrected chi connectivity index (χ0v) is 20.1. The van der Waals surface area contributed by atoms with Crippen LogP contribution in [0.1, 0.15) is 26.7 Å². The molecule has 1 unspecified atom stereocenters. The molecule has 154 valence electrons. The fourth-order valence-corrected chi connectivity index (χ4v) is 5.86. The van der Waals surface area contributed by atoms with Crippen LogP contribution < -0.4 is 0 Å². The first-order valence-electron chi connectivity index (χ1n) is 9.69. The van der Waals surface area contributed by atoms with E-state index in [1.165, 1.54) is 10.7 Å². The molecule has 0 N–H and O–H groups in total. The maximum atomic E-state index is 12.0. The Bertz CT molecular complexity index is 427. The average molecular weight is 491 g/mol. The van der Waals surface area contributed by atoms with Crippen LogP contribution >= 0.6 is 0 Å². The molecule has 2 atom stereocenters. The SMILES string of the molecule is CCOC(=O)N1CCCC1C[Se][C]1[CH][CH][CH][C]1[C@H](C)N(C)C.[CH]1[CH][CH][CH][CH]1.[Fe+2]. The predicted molar refractivity (Wildman–Crippen MR) is 111 cm³/mol. The van der Waals surface area contributed by atoms with Crippen molar-refractivity contribution in [2.45, 2.75) is 44.1 Å². The Labute approximate surface area is 190 Å². The van der Waals surface area contributed by atoms with E-state index >= 15 is 0 Å². The van der Waals surface area contributed by atoms with Crippen LogP contribution in [-0.4, -0.2) is 70.2 Å². The second-order valence-electron chi connectivity index (χ2n) is 6.95. The third-order valence-corrected chi connectivity index (χ3v) is 7.49. The summed E-state index contributed by atoms with van der Waals surface area (Å²) in [5.74, 6) is 1.44. The molecule has 0 aromatic heterocycles. The molecule has 4 nitrogen and oxygen atoms in total. The summed E-state index contributed by atoms with van der Waals surface area (Å²) in [6.07, 6.45) is 18.7. The van der Waals surface area contributed by atoms with Crippen molar-refractivity contribution in [3.05, 3.63) is 62.1 Å². The monoisotopic (exact) mass is 492 g/mol. The minimum absolute atomic E-state index is 0. The topological polar surface area (TPSA) is 32.8 Å². The van der Waals surface area contributed by atoms with Crippen molar-refractivity contribution in [3.8, 4) is 0 Å². The molecule has 6 heteroatoms. The van der Waals surface area contributed by atoms with Crippen molar-refractivity contribution in [1.29, 1.82) is 0 Å². The third-order valence-electron chi connectivity index (χ3n) is 4.90. The summed E-state index contributed by atoms with van der Waals surface area (Å²) in [6, 6.07) is 0.799.